The van der Waals surface area contributed by atoms with Crippen LogP contribution in [-0.2, 0) is 10.1 Å². The first-order valence-electron chi connectivity index (χ1n) is 5.32. The first-order valence-corrected chi connectivity index (χ1v) is 6.73. The summed E-state index contributed by atoms with van der Waals surface area (Å²) in [4.78, 5) is 0. The van der Waals surface area contributed by atoms with Gasteiger partial charge in [0.1, 0.15) is 5.75 Å². The maximum Gasteiger partial charge on any atom is 0.534 e. The van der Waals surface area contributed by atoms with Gasteiger partial charge in [-0.2, -0.15) is 21.6 Å². The highest BCUT2D eigenvalue weighted by Crippen LogP contribution is 2.42. The van der Waals surface area contributed by atoms with Crippen molar-refractivity contribution in [3.63, 3.8) is 0 Å². The van der Waals surface area contributed by atoms with Crippen LogP contribution in [0.3, 0.4) is 0 Å². The average Bonchev–Trinajstić information content (AvgIpc) is 2.98. The minimum atomic E-state index is -5.59. The maximum absolute atomic E-state index is 12.1. The van der Waals surface area contributed by atoms with E-state index in [2.05, 4.69) is 4.18 Å². The zero-order chi connectivity index (χ0) is 13.6. The molecule has 0 atom stereocenters. The zero-order valence-corrected chi connectivity index (χ0v) is 10.3. The van der Waals surface area contributed by atoms with E-state index in [1.165, 1.54) is 12.1 Å². The second-order valence-electron chi connectivity index (χ2n) is 4.28. The van der Waals surface area contributed by atoms with Gasteiger partial charge in [-0.25, -0.2) is 0 Å². The highest BCUT2D eigenvalue weighted by molar-refractivity contribution is 7.87. The van der Waals surface area contributed by atoms with Crippen LogP contribution in [0.25, 0.3) is 0 Å². The van der Waals surface area contributed by atoms with Gasteiger partial charge in [-0.3, -0.25) is 0 Å². The lowest BCUT2D eigenvalue weighted by molar-refractivity contribution is -0.0500. The molecule has 0 aromatic heterocycles. The van der Waals surface area contributed by atoms with E-state index >= 15 is 0 Å². The van der Waals surface area contributed by atoms with Crippen molar-refractivity contribution in [1.29, 1.82) is 0 Å². The Morgan fingerprint density at radius 1 is 1.28 bits per heavy atom. The number of hydrogen-bond donors (Lipinski definition) is 0. The lowest BCUT2D eigenvalue weighted by Gasteiger charge is -2.11. The standard InChI is InChI=1S/C11H11F3O3S/c1-7-6-9(4-5-10(7)8-2-3-8)17-18(15,16)11(12,13)14/h4-6,8H,2-3H2,1H3. The van der Waals surface area contributed by atoms with Crippen molar-refractivity contribution in [3.05, 3.63) is 29.3 Å². The zero-order valence-electron chi connectivity index (χ0n) is 9.49. The lowest BCUT2D eigenvalue weighted by atomic mass is 10.0. The van der Waals surface area contributed by atoms with Gasteiger partial charge in [0.05, 0.1) is 0 Å². The van der Waals surface area contributed by atoms with Crippen LogP contribution in [0.15, 0.2) is 18.2 Å². The van der Waals surface area contributed by atoms with E-state index in [1.807, 2.05) is 0 Å². The van der Waals surface area contributed by atoms with Gasteiger partial charge in [-0.1, -0.05) is 6.07 Å². The van der Waals surface area contributed by atoms with Crippen molar-refractivity contribution in [2.45, 2.75) is 31.2 Å². The molecular weight excluding hydrogens is 269 g/mol. The number of halogens is 3. The lowest BCUT2D eigenvalue weighted by Crippen LogP contribution is -2.28. The van der Waals surface area contributed by atoms with Gasteiger partial charge in [0.2, 0.25) is 0 Å². The maximum atomic E-state index is 12.1. The third kappa shape index (κ3) is 2.60. The van der Waals surface area contributed by atoms with E-state index in [0.717, 1.165) is 24.0 Å². The van der Waals surface area contributed by atoms with Crippen molar-refractivity contribution in [3.8, 4) is 5.75 Å². The molecule has 100 valence electrons. The summed E-state index contributed by atoms with van der Waals surface area (Å²) in [6, 6.07) is 4.19. The fourth-order valence-corrected chi connectivity index (χ4v) is 2.18. The van der Waals surface area contributed by atoms with Gasteiger partial charge < -0.3 is 4.18 Å². The fraction of sp³-hybridized carbons (Fsp3) is 0.455. The Hall–Kier alpha value is -1.24. The van der Waals surface area contributed by atoms with Crippen LogP contribution in [-0.4, -0.2) is 13.9 Å². The van der Waals surface area contributed by atoms with Crippen LogP contribution in [0, 0.1) is 6.92 Å². The molecule has 3 nitrogen and oxygen atoms in total. The van der Waals surface area contributed by atoms with E-state index in [9.17, 15) is 21.6 Å². The molecule has 1 aromatic rings. The molecule has 2 rings (SSSR count). The second-order valence-corrected chi connectivity index (χ2v) is 5.81. The smallest absolute Gasteiger partial charge is 0.376 e. The Kier molecular flexibility index (Phi) is 3.04. The summed E-state index contributed by atoms with van der Waals surface area (Å²) in [5.41, 5.74) is -3.63. The molecule has 0 N–H and O–H groups in total. The van der Waals surface area contributed by atoms with Crippen LogP contribution >= 0.6 is 0 Å². The van der Waals surface area contributed by atoms with Crippen LogP contribution in [0.4, 0.5) is 13.2 Å². The summed E-state index contributed by atoms with van der Waals surface area (Å²) >= 11 is 0. The molecule has 0 amide bonds. The van der Waals surface area contributed by atoms with E-state index in [1.54, 1.807) is 13.0 Å². The quantitative estimate of drug-likeness (QED) is 0.631. The van der Waals surface area contributed by atoms with Gasteiger partial charge in [0, 0.05) is 0 Å². The third-order valence-corrected chi connectivity index (χ3v) is 3.73. The van der Waals surface area contributed by atoms with Crippen molar-refractivity contribution in [2.75, 3.05) is 0 Å². The normalized spacial score (nSPS) is 16.7. The summed E-state index contributed by atoms with van der Waals surface area (Å²) in [5, 5.41) is 0. The number of rotatable bonds is 3. The van der Waals surface area contributed by atoms with Crippen LogP contribution in [0.5, 0.6) is 5.75 Å². The van der Waals surface area contributed by atoms with Gasteiger partial charge >= 0.3 is 15.6 Å². The molecule has 1 fully saturated rings. The van der Waals surface area contributed by atoms with Crippen molar-refractivity contribution < 1.29 is 25.8 Å². The topological polar surface area (TPSA) is 43.4 Å². The van der Waals surface area contributed by atoms with Gasteiger partial charge in [-0.15, -0.1) is 0 Å². The first-order chi connectivity index (χ1) is 8.21. The number of benzene rings is 1. The molecule has 0 aliphatic heterocycles. The molecule has 0 heterocycles. The van der Waals surface area contributed by atoms with E-state index in [4.69, 9.17) is 0 Å². The highest BCUT2D eigenvalue weighted by atomic mass is 32.2. The molecule has 7 heteroatoms. The van der Waals surface area contributed by atoms with Crippen molar-refractivity contribution in [2.24, 2.45) is 0 Å². The number of alkyl halides is 3. The minimum absolute atomic E-state index is 0.311. The van der Waals surface area contributed by atoms with Crippen LogP contribution < -0.4 is 4.18 Å². The van der Waals surface area contributed by atoms with Crippen LogP contribution in [0.2, 0.25) is 0 Å². The molecule has 18 heavy (non-hydrogen) atoms. The van der Waals surface area contributed by atoms with Gasteiger partial charge in [-0.05, 0) is 48.9 Å². The molecule has 0 unspecified atom stereocenters. The molecule has 1 aromatic carbocycles. The minimum Gasteiger partial charge on any atom is -0.376 e. The van der Waals surface area contributed by atoms with Crippen molar-refractivity contribution >= 4 is 10.1 Å². The summed E-state index contributed by atoms with van der Waals surface area (Å²) in [5.74, 6) is 0.132. The first kappa shape index (κ1) is 13.2. The molecule has 1 aliphatic carbocycles. The summed E-state index contributed by atoms with van der Waals surface area (Å²) in [6.45, 7) is 1.72. The van der Waals surface area contributed by atoms with E-state index < -0.39 is 15.6 Å². The van der Waals surface area contributed by atoms with Crippen LogP contribution in [0.1, 0.15) is 29.9 Å². The third-order valence-electron chi connectivity index (χ3n) is 2.75. The van der Waals surface area contributed by atoms with Crippen molar-refractivity contribution in [1.82, 2.24) is 0 Å². The fourth-order valence-electron chi connectivity index (χ4n) is 1.73. The SMILES string of the molecule is Cc1cc(OS(=O)(=O)C(F)(F)F)ccc1C1CC1. The Morgan fingerprint density at radius 2 is 1.89 bits per heavy atom. The Morgan fingerprint density at radius 3 is 2.33 bits per heavy atom. The Balaban J connectivity index is 2.23. The molecule has 1 saturated carbocycles. The number of hydrogen-bond acceptors (Lipinski definition) is 3. The summed E-state index contributed by atoms with van der Waals surface area (Å²) in [7, 11) is -5.59. The Labute approximate surface area is 103 Å². The summed E-state index contributed by atoms with van der Waals surface area (Å²) < 4.78 is 62.1. The van der Waals surface area contributed by atoms with E-state index in [0.29, 0.717) is 5.92 Å². The highest BCUT2D eigenvalue weighted by Gasteiger charge is 2.48. The Bertz CT molecular complexity index is 559. The summed E-state index contributed by atoms with van der Waals surface area (Å²) in [6.07, 6.45) is 2.11. The number of aryl methyl sites for hydroxylation is 1. The molecule has 1 aliphatic rings. The predicted molar refractivity (Wildman–Crippen MR) is 58.8 cm³/mol. The predicted octanol–water partition coefficient (Wildman–Crippen LogP) is 3.10. The monoisotopic (exact) mass is 280 g/mol. The van der Waals surface area contributed by atoms with Gasteiger partial charge in [0.25, 0.3) is 0 Å². The molecule has 0 saturated heterocycles. The second kappa shape index (κ2) is 4.15. The van der Waals surface area contributed by atoms with Gasteiger partial charge in [0.15, 0.2) is 0 Å². The molecule has 0 radical (unpaired) electrons. The molecule has 0 spiro atoms. The average molecular weight is 280 g/mol. The molecular formula is C11H11F3O3S. The molecule has 0 bridgehead atoms. The largest absolute Gasteiger partial charge is 0.534 e. The van der Waals surface area contributed by atoms with E-state index in [-0.39, 0.29) is 5.75 Å².